The van der Waals surface area contributed by atoms with Gasteiger partial charge in [0.15, 0.2) is 5.78 Å². The lowest BCUT2D eigenvalue weighted by Gasteiger charge is -2.22. The summed E-state index contributed by atoms with van der Waals surface area (Å²) in [5.41, 5.74) is -0.695. The lowest BCUT2D eigenvalue weighted by atomic mass is 9.90. The molecule has 0 aromatic heterocycles. The predicted octanol–water partition coefficient (Wildman–Crippen LogP) is 3.56. The van der Waals surface area contributed by atoms with E-state index in [1.165, 1.54) is 6.08 Å². The first kappa shape index (κ1) is 18.4. The van der Waals surface area contributed by atoms with Crippen LogP contribution in [-0.4, -0.2) is 27.6 Å². The molecule has 0 amide bonds. The molecule has 0 radical (unpaired) electrons. The highest BCUT2D eigenvalue weighted by Gasteiger charge is 2.36. The van der Waals surface area contributed by atoms with Crippen LogP contribution < -0.4 is 0 Å². The fraction of sp³-hybridized carbons (Fsp3) is 0.556. The van der Waals surface area contributed by atoms with Gasteiger partial charge in [0.25, 0.3) is 0 Å². The van der Waals surface area contributed by atoms with Gasteiger partial charge in [-0.15, -0.1) is 0 Å². The number of hydrogen-bond acceptors (Lipinski definition) is 3. The molecule has 1 rings (SSSR count). The Labute approximate surface area is 132 Å². The van der Waals surface area contributed by atoms with Gasteiger partial charge < -0.3 is 10.2 Å². The summed E-state index contributed by atoms with van der Waals surface area (Å²) >= 11 is 0. The van der Waals surface area contributed by atoms with Crippen LogP contribution in [0.25, 0.3) is 0 Å². The number of carbonyl (C=O) groups excluding carboxylic acids is 1. The third-order valence-corrected chi connectivity index (χ3v) is 3.83. The monoisotopic (exact) mass is 306 g/mol. The number of carboxylic acid groups (broad SMARTS) is 1. The Bertz CT molecular complexity index is 473. The molecule has 1 aliphatic carbocycles. The molecule has 0 unspecified atom stereocenters. The van der Waals surface area contributed by atoms with Crippen molar-refractivity contribution in [3.05, 3.63) is 36.0 Å². The molecule has 22 heavy (non-hydrogen) atoms. The van der Waals surface area contributed by atoms with Crippen molar-refractivity contribution in [1.82, 2.24) is 0 Å². The van der Waals surface area contributed by atoms with Crippen LogP contribution in [0.2, 0.25) is 0 Å². The zero-order chi connectivity index (χ0) is 16.4. The van der Waals surface area contributed by atoms with E-state index in [1.54, 1.807) is 12.2 Å². The quantitative estimate of drug-likeness (QED) is 0.478. The highest BCUT2D eigenvalue weighted by atomic mass is 16.4. The molecule has 0 aromatic carbocycles. The van der Waals surface area contributed by atoms with Crippen molar-refractivity contribution in [2.45, 2.75) is 63.9 Å². The second-order valence-corrected chi connectivity index (χ2v) is 5.70. The average molecular weight is 306 g/mol. The van der Waals surface area contributed by atoms with Crippen molar-refractivity contribution in [2.24, 2.45) is 0 Å². The number of unbranched alkanes of at least 4 members (excludes halogenated alkanes) is 4. The van der Waals surface area contributed by atoms with Gasteiger partial charge in [0.1, 0.15) is 5.60 Å². The third kappa shape index (κ3) is 5.98. The van der Waals surface area contributed by atoms with E-state index >= 15 is 0 Å². The minimum atomic E-state index is -1.14. The molecule has 0 saturated heterocycles. The maximum Gasteiger partial charge on any atom is 0.303 e. The van der Waals surface area contributed by atoms with Crippen molar-refractivity contribution < 1.29 is 19.8 Å². The van der Waals surface area contributed by atoms with Gasteiger partial charge in [0.05, 0.1) is 0 Å². The highest BCUT2D eigenvalue weighted by molar-refractivity contribution is 6.09. The molecule has 0 spiro atoms. The van der Waals surface area contributed by atoms with Gasteiger partial charge in [-0.25, -0.2) is 0 Å². The first-order valence-electron chi connectivity index (χ1n) is 8.04. The Morgan fingerprint density at radius 2 is 1.91 bits per heavy atom. The summed E-state index contributed by atoms with van der Waals surface area (Å²) in [7, 11) is 0. The Kier molecular flexibility index (Phi) is 7.82. The standard InChI is InChI=1S/C18H26O4/c1-2-3-7-10-15-16(19)12-14-18(15,22)13-9-6-4-5-8-11-17(20)21/h3,7,10,12,14,22H,2,4-6,8-9,11,13H2,1H3,(H,20,21)/b7-3+,15-10-/t18-/m1/s1. The molecule has 0 heterocycles. The highest BCUT2D eigenvalue weighted by Crippen LogP contribution is 2.31. The SMILES string of the molecule is CC/C=C/C=C1/C(=O)C=C[C@]1(O)CCCCCCCC(=O)O. The van der Waals surface area contributed by atoms with Crippen molar-refractivity contribution in [2.75, 3.05) is 0 Å². The van der Waals surface area contributed by atoms with Gasteiger partial charge in [0, 0.05) is 12.0 Å². The lowest BCUT2D eigenvalue weighted by molar-refractivity contribution is -0.137. The number of carboxylic acids is 1. The molecule has 0 fully saturated rings. The lowest BCUT2D eigenvalue weighted by Crippen LogP contribution is -2.27. The molecule has 0 saturated carbocycles. The Balaban J connectivity index is 2.37. The van der Waals surface area contributed by atoms with Crippen LogP contribution in [0, 0.1) is 0 Å². The topological polar surface area (TPSA) is 74.6 Å². The van der Waals surface area contributed by atoms with E-state index in [4.69, 9.17) is 5.11 Å². The number of rotatable bonds is 10. The minimum Gasteiger partial charge on any atom is -0.481 e. The predicted molar refractivity (Wildman–Crippen MR) is 86.6 cm³/mol. The molecule has 2 N–H and O–H groups in total. The van der Waals surface area contributed by atoms with Gasteiger partial charge in [-0.05, 0) is 37.8 Å². The van der Waals surface area contributed by atoms with Crippen LogP contribution in [0.4, 0.5) is 0 Å². The molecule has 0 aliphatic heterocycles. The van der Waals surface area contributed by atoms with Crippen molar-refractivity contribution >= 4 is 11.8 Å². The van der Waals surface area contributed by atoms with Gasteiger partial charge >= 0.3 is 5.97 Å². The molecule has 0 bridgehead atoms. The summed E-state index contributed by atoms with van der Waals surface area (Å²) < 4.78 is 0. The van der Waals surface area contributed by atoms with Gasteiger partial charge in [-0.3, -0.25) is 9.59 Å². The van der Waals surface area contributed by atoms with Gasteiger partial charge in [-0.1, -0.05) is 44.4 Å². The van der Waals surface area contributed by atoms with E-state index in [9.17, 15) is 14.7 Å². The molecular weight excluding hydrogens is 280 g/mol. The largest absolute Gasteiger partial charge is 0.481 e. The van der Waals surface area contributed by atoms with E-state index in [0.29, 0.717) is 18.4 Å². The first-order valence-corrected chi connectivity index (χ1v) is 8.04. The van der Waals surface area contributed by atoms with Crippen LogP contribution in [0.3, 0.4) is 0 Å². The van der Waals surface area contributed by atoms with Crippen LogP contribution in [0.5, 0.6) is 0 Å². The van der Waals surface area contributed by atoms with E-state index in [0.717, 1.165) is 32.1 Å². The average Bonchev–Trinajstić information content (AvgIpc) is 2.75. The fourth-order valence-corrected chi connectivity index (χ4v) is 2.55. The molecule has 4 heteroatoms. The maximum absolute atomic E-state index is 11.8. The molecular formula is C18H26O4. The number of ketones is 1. The maximum atomic E-state index is 11.8. The summed E-state index contributed by atoms with van der Waals surface area (Å²) in [4.78, 5) is 22.2. The first-order chi connectivity index (χ1) is 10.5. The van der Waals surface area contributed by atoms with Gasteiger partial charge in [0.2, 0.25) is 0 Å². The van der Waals surface area contributed by atoms with Crippen molar-refractivity contribution in [1.29, 1.82) is 0 Å². The number of aliphatic hydroxyl groups is 1. The van der Waals surface area contributed by atoms with E-state index < -0.39 is 11.6 Å². The molecule has 1 atom stereocenters. The van der Waals surface area contributed by atoms with E-state index in [-0.39, 0.29) is 12.2 Å². The van der Waals surface area contributed by atoms with Crippen molar-refractivity contribution in [3.8, 4) is 0 Å². The van der Waals surface area contributed by atoms with Crippen LogP contribution in [0.1, 0.15) is 58.3 Å². The Morgan fingerprint density at radius 3 is 2.59 bits per heavy atom. The number of allylic oxidation sites excluding steroid dienone is 4. The summed E-state index contributed by atoms with van der Waals surface area (Å²) in [6.45, 7) is 2.01. The van der Waals surface area contributed by atoms with E-state index in [1.807, 2.05) is 19.1 Å². The third-order valence-electron chi connectivity index (χ3n) is 3.83. The summed E-state index contributed by atoms with van der Waals surface area (Å²) in [6.07, 6.45) is 14.4. The Morgan fingerprint density at radius 1 is 1.23 bits per heavy atom. The second-order valence-electron chi connectivity index (χ2n) is 5.70. The molecule has 4 nitrogen and oxygen atoms in total. The number of hydrogen-bond donors (Lipinski definition) is 2. The minimum absolute atomic E-state index is 0.121. The Hall–Kier alpha value is -1.68. The smallest absolute Gasteiger partial charge is 0.303 e. The summed E-state index contributed by atoms with van der Waals surface area (Å²) in [5.74, 6) is -0.872. The van der Waals surface area contributed by atoms with E-state index in [2.05, 4.69) is 0 Å². The molecule has 0 aromatic rings. The summed E-state index contributed by atoms with van der Waals surface area (Å²) in [6, 6.07) is 0. The normalized spacial score (nSPS) is 23.0. The number of carbonyl (C=O) groups is 2. The fourth-order valence-electron chi connectivity index (χ4n) is 2.55. The van der Waals surface area contributed by atoms with Crippen LogP contribution in [0.15, 0.2) is 36.0 Å². The second kappa shape index (κ2) is 9.36. The van der Waals surface area contributed by atoms with Crippen LogP contribution >= 0.6 is 0 Å². The molecule has 122 valence electrons. The van der Waals surface area contributed by atoms with Crippen molar-refractivity contribution in [3.63, 3.8) is 0 Å². The van der Waals surface area contributed by atoms with Gasteiger partial charge in [-0.2, -0.15) is 0 Å². The van der Waals surface area contributed by atoms with Crippen LogP contribution in [-0.2, 0) is 9.59 Å². The molecule has 1 aliphatic rings. The zero-order valence-electron chi connectivity index (χ0n) is 13.3. The zero-order valence-corrected chi connectivity index (χ0v) is 13.3. The summed E-state index contributed by atoms with van der Waals surface area (Å²) in [5, 5.41) is 19.2. The number of aliphatic carboxylic acids is 1.